The maximum atomic E-state index is 12.8. The maximum absolute atomic E-state index is 12.8. The molecule has 0 heterocycles. The first kappa shape index (κ1) is 16.3. The highest BCUT2D eigenvalue weighted by atomic mass is 32.2. The Morgan fingerprint density at radius 1 is 1.24 bits per heavy atom. The summed E-state index contributed by atoms with van der Waals surface area (Å²) in [6.07, 6.45) is -2.40. The normalized spacial score (nSPS) is 16.2. The summed E-state index contributed by atoms with van der Waals surface area (Å²) in [6.45, 7) is 1.77. The molecule has 0 atom stereocenters. The fraction of sp³-hybridized carbons (Fsp3) is 0.538. The first-order valence-corrected chi connectivity index (χ1v) is 8.10. The van der Waals surface area contributed by atoms with E-state index in [0.29, 0.717) is 12.6 Å². The second-order valence-corrected chi connectivity index (χ2v) is 6.79. The highest BCUT2D eigenvalue weighted by Crippen LogP contribution is 2.34. The molecule has 1 aliphatic carbocycles. The summed E-state index contributed by atoms with van der Waals surface area (Å²) in [5.41, 5.74) is -1.21. The van der Waals surface area contributed by atoms with Crippen LogP contribution < -0.4 is 10.0 Å². The summed E-state index contributed by atoms with van der Waals surface area (Å²) in [5.74, 6) is 0. The Labute approximate surface area is 121 Å². The van der Waals surface area contributed by atoms with Crippen LogP contribution in [0.2, 0.25) is 0 Å². The molecule has 0 saturated heterocycles. The van der Waals surface area contributed by atoms with Crippen molar-refractivity contribution in [1.82, 2.24) is 10.0 Å². The largest absolute Gasteiger partial charge is 0.416 e. The molecule has 0 aliphatic heterocycles. The number of sulfonamides is 1. The first-order valence-electron chi connectivity index (χ1n) is 6.61. The number of alkyl halides is 3. The van der Waals surface area contributed by atoms with Crippen molar-refractivity contribution in [2.45, 2.75) is 36.9 Å². The van der Waals surface area contributed by atoms with Crippen LogP contribution in [0.5, 0.6) is 0 Å². The van der Waals surface area contributed by atoms with E-state index in [1.165, 1.54) is 13.0 Å². The van der Waals surface area contributed by atoms with Crippen molar-refractivity contribution >= 4 is 10.0 Å². The van der Waals surface area contributed by atoms with Crippen LogP contribution in [0.1, 0.15) is 24.0 Å². The van der Waals surface area contributed by atoms with E-state index >= 15 is 0 Å². The van der Waals surface area contributed by atoms with E-state index in [4.69, 9.17) is 0 Å². The predicted octanol–water partition coefficient (Wildman–Crippen LogP) is 2.04. The Balaban J connectivity index is 2.11. The van der Waals surface area contributed by atoms with Gasteiger partial charge in [-0.3, -0.25) is 0 Å². The molecule has 0 bridgehead atoms. The van der Waals surface area contributed by atoms with Gasteiger partial charge in [-0.15, -0.1) is 0 Å². The zero-order chi connectivity index (χ0) is 15.7. The number of hydrogen-bond acceptors (Lipinski definition) is 3. The van der Waals surface area contributed by atoms with Gasteiger partial charge in [0.1, 0.15) is 0 Å². The molecule has 0 radical (unpaired) electrons. The Kier molecular flexibility index (Phi) is 4.60. The predicted molar refractivity (Wildman–Crippen MR) is 72.4 cm³/mol. The van der Waals surface area contributed by atoms with Crippen LogP contribution in [-0.4, -0.2) is 27.5 Å². The molecule has 1 fully saturated rings. The summed E-state index contributed by atoms with van der Waals surface area (Å²) in [7, 11) is -3.94. The van der Waals surface area contributed by atoms with Crippen LogP contribution in [0.15, 0.2) is 23.1 Å². The van der Waals surface area contributed by atoms with E-state index < -0.39 is 21.8 Å². The highest BCUT2D eigenvalue weighted by molar-refractivity contribution is 7.89. The third kappa shape index (κ3) is 4.18. The standard InChI is InChI=1S/C13H17F3N2O2S/c1-9-11(13(14,15)16)3-2-4-12(9)21(19,20)18-8-7-17-10-5-6-10/h2-4,10,17-18H,5-8H2,1H3. The lowest BCUT2D eigenvalue weighted by molar-refractivity contribution is -0.138. The molecule has 8 heteroatoms. The Morgan fingerprint density at radius 2 is 1.90 bits per heavy atom. The molecule has 1 saturated carbocycles. The minimum atomic E-state index is -4.57. The van der Waals surface area contributed by atoms with E-state index in [1.807, 2.05) is 0 Å². The van der Waals surface area contributed by atoms with Gasteiger partial charge in [0.15, 0.2) is 0 Å². The molecule has 1 aromatic rings. The lowest BCUT2D eigenvalue weighted by atomic mass is 10.1. The number of nitrogens with one attached hydrogen (secondary N) is 2. The van der Waals surface area contributed by atoms with Crippen molar-refractivity contribution < 1.29 is 21.6 Å². The molecular formula is C13H17F3N2O2S. The molecule has 2 N–H and O–H groups in total. The van der Waals surface area contributed by atoms with E-state index in [0.717, 1.165) is 25.0 Å². The smallest absolute Gasteiger partial charge is 0.313 e. The zero-order valence-corrected chi connectivity index (χ0v) is 12.3. The molecule has 2 rings (SSSR count). The Hall–Kier alpha value is -1.12. The Morgan fingerprint density at radius 3 is 2.48 bits per heavy atom. The van der Waals surface area contributed by atoms with Crippen LogP contribution in [0.25, 0.3) is 0 Å². The average molecular weight is 322 g/mol. The highest BCUT2D eigenvalue weighted by Gasteiger charge is 2.34. The molecule has 118 valence electrons. The van der Waals surface area contributed by atoms with E-state index in [-0.39, 0.29) is 17.0 Å². The minimum Gasteiger partial charge on any atom is -0.313 e. The lowest BCUT2D eigenvalue weighted by Gasteiger charge is -2.14. The monoisotopic (exact) mass is 322 g/mol. The molecule has 0 amide bonds. The van der Waals surface area contributed by atoms with Gasteiger partial charge in [0, 0.05) is 19.1 Å². The summed E-state index contributed by atoms with van der Waals surface area (Å²) in [4.78, 5) is -0.330. The first-order chi connectivity index (χ1) is 9.72. The molecule has 4 nitrogen and oxygen atoms in total. The van der Waals surface area contributed by atoms with Gasteiger partial charge in [0.2, 0.25) is 10.0 Å². The number of halogens is 3. The van der Waals surface area contributed by atoms with E-state index in [9.17, 15) is 21.6 Å². The summed E-state index contributed by atoms with van der Waals surface area (Å²) >= 11 is 0. The van der Waals surface area contributed by atoms with Gasteiger partial charge in [0.05, 0.1) is 10.5 Å². The summed E-state index contributed by atoms with van der Waals surface area (Å²) in [5, 5.41) is 3.12. The molecular weight excluding hydrogens is 305 g/mol. The van der Waals surface area contributed by atoms with Crippen molar-refractivity contribution in [3.05, 3.63) is 29.3 Å². The lowest BCUT2D eigenvalue weighted by Crippen LogP contribution is -2.33. The van der Waals surface area contributed by atoms with Gasteiger partial charge in [0.25, 0.3) is 0 Å². The quantitative estimate of drug-likeness (QED) is 0.788. The average Bonchev–Trinajstić information content (AvgIpc) is 3.17. The van der Waals surface area contributed by atoms with Crippen LogP contribution in [0.3, 0.4) is 0 Å². The number of rotatable bonds is 6. The van der Waals surface area contributed by atoms with Gasteiger partial charge in [-0.1, -0.05) is 6.07 Å². The number of hydrogen-bond donors (Lipinski definition) is 2. The molecule has 0 unspecified atom stereocenters. The zero-order valence-electron chi connectivity index (χ0n) is 11.5. The second-order valence-electron chi connectivity index (χ2n) is 5.05. The second kappa shape index (κ2) is 5.94. The molecule has 0 aromatic heterocycles. The van der Waals surface area contributed by atoms with Crippen molar-refractivity contribution in [2.75, 3.05) is 13.1 Å². The van der Waals surface area contributed by atoms with Crippen LogP contribution in [-0.2, 0) is 16.2 Å². The van der Waals surface area contributed by atoms with Crippen molar-refractivity contribution in [2.24, 2.45) is 0 Å². The number of benzene rings is 1. The van der Waals surface area contributed by atoms with Crippen LogP contribution >= 0.6 is 0 Å². The van der Waals surface area contributed by atoms with Crippen LogP contribution in [0, 0.1) is 6.92 Å². The van der Waals surface area contributed by atoms with Crippen molar-refractivity contribution in [3.8, 4) is 0 Å². The van der Waals surface area contributed by atoms with Gasteiger partial charge in [-0.25, -0.2) is 13.1 Å². The van der Waals surface area contributed by atoms with Gasteiger partial charge in [-0.2, -0.15) is 13.2 Å². The Bertz CT molecular complexity index is 610. The fourth-order valence-corrected chi connectivity index (χ4v) is 3.34. The third-order valence-electron chi connectivity index (χ3n) is 3.31. The third-order valence-corrected chi connectivity index (χ3v) is 4.91. The van der Waals surface area contributed by atoms with Gasteiger partial charge < -0.3 is 5.32 Å². The van der Waals surface area contributed by atoms with Crippen molar-refractivity contribution in [3.63, 3.8) is 0 Å². The van der Waals surface area contributed by atoms with Gasteiger partial charge in [-0.05, 0) is 37.5 Å². The van der Waals surface area contributed by atoms with Crippen LogP contribution in [0.4, 0.5) is 13.2 Å². The van der Waals surface area contributed by atoms with Crippen molar-refractivity contribution in [1.29, 1.82) is 0 Å². The molecule has 1 aliphatic rings. The van der Waals surface area contributed by atoms with E-state index in [2.05, 4.69) is 10.0 Å². The fourth-order valence-electron chi connectivity index (χ4n) is 2.04. The summed E-state index contributed by atoms with van der Waals surface area (Å²) < 4.78 is 64.9. The topological polar surface area (TPSA) is 58.2 Å². The SMILES string of the molecule is Cc1c(C(F)(F)F)cccc1S(=O)(=O)NCCNC1CC1. The molecule has 0 spiro atoms. The maximum Gasteiger partial charge on any atom is 0.416 e. The van der Waals surface area contributed by atoms with E-state index in [1.54, 1.807) is 0 Å². The minimum absolute atomic E-state index is 0.147. The molecule has 21 heavy (non-hydrogen) atoms. The van der Waals surface area contributed by atoms with Gasteiger partial charge >= 0.3 is 6.18 Å². The summed E-state index contributed by atoms with van der Waals surface area (Å²) in [6, 6.07) is 3.61. The molecule has 1 aromatic carbocycles.